The first kappa shape index (κ1) is 24.6. The monoisotopic (exact) mass is 486 g/mol. The van der Waals surface area contributed by atoms with Crippen LogP contribution in [0.4, 0.5) is 0 Å². The summed E-state index contributed by atoms with van der Waals surface area (Å²) in [4.78, 5) is 27.8. The number of ketones is 1. The largest absolute Gasteiger partial charge is 0.504 e. The zero-order valence-electron chi connectivity index (χ0n) is 19.0. The first-order valence-corrected chi connectivity index (χ1v) is 12.5. The van der Waals surface area contributed by atoms with Crippen LogP contribution in [-0.2, 0) is 27.4 Å². The lowest BCUT2D eigenvalue weighted by atomic mass is 9.83. The topological polar surface area (TPSA) is 124 Å². The number of ether oxygens (including phenoxy) is 1. The van der Waals surface area contributed by atoms with Gasteiger partial charge in [-0.15, -0.1) is 11.3 Å². The lowest BCUT2D eigenvalue weighted by Gasteiger charge is -2.31. The average molecular weight is 487 g/mol. The second-order valence-corrected chi connectivity index (χ2v) is 10.2. The van der Waals surface area contributed by atoms with Gasteiger partial charge in [0.1, 0.15) is 6.10 Å². The van der Waals surface area contributed by atoms with Crippen molar-refractivity contribution < 1.29 is 34.8 Å². The Kier molecular flexibility index (Phi) is 7.52. The molecule has 0 saturated heterocycles. The molecule has 1 aliphatic heterocycles. The van der Waals surface area contributed by atoms with Crippen LogP contribution < -0.4 is 0 Å². The number of thiophene rings is 1. The quantitative estimate of drug-likeness (QED) is 0.380. The van der Waals surface area contributed by atoms with E-state index >= 15 is 0 Å². The van der Waals surface area contributed by atoms with Crippen LogP contribution in [-0.4, -0.2) is 44.9 Å². The average Bonchev–Trinajstić information content (AvgIpc) is 3.57. The van der Waals surface area contributed by atoms with Gasteiger partial charge in [-0.2, -0.15) is 0 Å². The van der Waals surface area contributed by atoms with Gasteiger partial charge >= 0.3 is 5.97 Å². The highest BCUT2D eigenvalue weighted by molar-refractivity contribution is 7.12. The van der Waals surface area contributed by atoms with E-state index in [1.165, 1.54) is 11.3 Å². The normalized spacial score (nSPS) is 21.4. The second kappa shape index (κ2) is 10.4. The predicted molar refractivity (Wildman–Crippen MR) is 126 cm³/mol. The molecule has 7 nitrogen and oxygen atoms in total. The van der Waals surface area contributed by atoms with E-state index in [0.717, 1.165) is 28.8 Å². The van der Waals surface area contributed by atoms with Crippen molar-refractivity contribution in [2.24, 2.45) is 11.8 Å². The van der Waals surface area contributed by atoms with Crippen LogP contribution in [0.3, 0.4) is 0 Å². The summed E-state index contributed by atoms with van der Waals surface area (Å²) in [7, 11) is 0. The van der Waals surface area contributed by atoms with E-state index in [-0.39, 0.29) is 24.0 Å². The zero-order chi connectivity index (χ0) is 24.4. The molecule has 1 aliphatic carbocycles. The van der Waals surface area contributed by atoms with Crippen molar-refractivity contribution >= 4 is 23.1 Å². The Morgan fingerprint density at radius 1 is 1.06 bits per heavy atom. The molecule has 34 heavy (non-hydrogen) atoms. The molecule has 4 N–H and O–H groups in total. The number of cyclic esters (lactones) is 1. The fraction of sp³-hybridized carbons (Fsp3) is 0.462. The third kappa shape index (κ3) is 4.81. The van der Waals surface area contributed by atoms with Gasteiger partial charge in [0.25, 0.3) is 0 Å². The smallest absolute Gasteiger partial charge is 0.339 e. The van der Waals surface area contributed by atoms with Crippen molar-refractivity contribution in [2.75, 3.05) is 6.61 Å². The number of benzene rings is 1. The number of esters is 1. The molecule has 4 atom stereocenters. The van der Waals surface area contributed by atoms with Gasteiger partial charge in [0, 0.05) is 21.6 Å². The lowest BCUT2D eigenvalue weighted by molar-refractivity contribution is -0.158. The third-order valence-corrected chi connectivity index (χ3v) is 8.05. The highest BCUT2D eigenvalue weighted by Crippen LogP contribution is 2.50. The van der Waals surface area contributed by atoms with Crippen molar-refractivity contribution in [3.8, 4) is 0 Å². The van der Waals surface area contributed by atoms with Gasteiger partial charge in [-0.25, -0.2) is 4.79 Å². The predicted octanol–water partition coefficient (Wildman–Crippen LogP) is 3.34. The van der Waals surface area contributed by atoms with Gasteiger partial charge in [0.2, 0.25) is 5.78 Å². The fourth-order valence-corrected chi connectivity index (χ4v) is 5.88. The summed E-state index contributed by atoms with van der Waals surface area (Å²) in [5.74, 6) is -2.56. The van der Waals surface area contributed by atoms with E-state index in [4.69, 9.17) is 4.74 Å². The zero-order valence-corrected chi connectivity index (χ0v) is 19.8. The van der Waals surface area contributed by atoms with Gasteiger partial charge in [0.05, 0.1) is 18.8 Å². The number of carbonyl (C=O) groups excluding carboxylic acids is 2. The van der Waals surface area contributed by atoms with Gasteiger partial charge in [-0.3, -0.25) is 4.79 Å². The van der Waals surface area contributed by atoms with Crippen LogP contribution in [0.1, 0.15) is 59.1 Å². The molecule has 0 bridgehead atoms. The Morgan fingerprint density at radius 2 is 1.74 bits per heavy atom. The number of aliphatic hydroxyl groups is 4. The molecule has 2 unspecified atom stereocenters. The van der Waals surface area contributed by atoms with Crippen LogP contribution in [0.5, 0.6) is 0 Å². The van der Waals surface area contributed by atoms with Crippen molar-refractivity contribution in [3.05, 3.63) is 68.6 Å². The van der Waals surface area contributed by atoms with E-state index in [1.54, 1.807) is 12.1 Å². The molecule has 0 radical (unpaired) electrons. The molecular weight excluding hydrogens is 456 g/mol. The summed E-state index contributed by atoms with van der Waals surface area (Å²) in [6, 6.07) is 10.8. The molecule has 1 aromatic carbocycles. The number of hydrogen-bond donors (Lipinski definition) is 4. The Morgan fingerprint density at radius 3 is 2.35 bits per heavy atom. The summed E-state index contributed by atoms with van der Waals surface area (Å²) in [5.41, 5.74) is 1.61. The summed E-state index contributed by atoms with van der Waals surface area (Å²) in [6.45, 7) is 1.36. The number of hydrogen-bond acceptors (Lipinski definition) is 8. The van der Waals surface area contributed by atoms with Crippen molar-refractivity contribution in [1.82, 2.24) is 0 Å². The number of rotatable bonds is 10. The standard InChI is InChI=1S/C26H30O7S/c1-2-14(11-16-5-3-4-6-17(16)12-27)25-24(31)23(30)22(26(32)33-25)21(15-7-8-15)20-10-9-19(34-20)18(29)13-28/h3-6,9-10,14-15,18,21,25,27-30H,2,7-8,11-13H2,1H3/t14-,18+,21?,25?/m1/s1. The van der Waals surface area contributed by atoms with Crippen LogP contribution in [0, 0.1) is 11.8 Å². The maximum Gasteiger partial charge on any atom is 0.339 e. The Bertz CT molecular complexity index is 1080. The van der Waals surface area contributed by atoms with Gasteiger partial charge in [-0.1, -0.05) is 31.2 Å². The van der Waals surface area contributed by atoms with Crippen molar-refractivity contribution in [1.29, 1.82) is 0 Å². The van der Waals surface area contributed by atoms with Crippen LogP contribution in [0.25, 0.3) is 0 Å². The highest BCUT2D eigenvalue weighted by atomic mass is 32.1. The number of Topliss-reactive ketones (excluding diaryl/α,β-unsaturated/α-hetero) is 1. The maximum absolute atomic E-state index is 13.3. The lowest BCUT2D eigenvalue weighted by Crippen LogP contribution is -2.42. The first-order valence-electron chi connectivity index (χ1n) is 11.6. The van der Waals surface area contributed by atoms with E-state index in [1.807, 2.05) is 31.2 Å². The molecule has 182 valence electrons. The summed E-state index contributed by atoms with van der Waals surface area (Å²) in [6.07, 6.45) is 0.584. The molecule has 2 aliphatic rings. The van der Waals surface area contributed by atoms with Gasteiger partial charge < -0.3 is 25.2 Å². The van der Waals surface area contributed by atoms with Gasteiger partial charge in [0.15, 0.2) is 11.9 Å². The molecule has 2 heterocycles. The van der Waals surface area contributed by atoms with E-state index in [9.17, 15) is 30.0 Å². The number of carbonyl (C=O) groups is 2. The van der Waals surface area contributed by atoms with Crippen LogP contribution in [0.2, 0.25) is 0 Å². The SMILES string of the molecule is CC[C@H](Cc1ccccc1CO)C1OC(=O)C(C(c2ccc([C@@H](O)CO)s2)C2CC2)=C(O)C1=O. The Hall–Kier alpha value is -2.52. The van der Waals surface area contributed by atoms with E-state index < -0.39 is 42.2 Å². The molecule has 0 spiro atoms. The minimum atomic E-state index is -1.09. The molecule has 1 aromatic heterocycles. The summed E-state index contributed by atoms with van der Waals surface area (Å²) >= 11 is 1.26. The third-order valence-electron chi connectivity index (χ3n) is 6.78. The molecule has 8 heteroatoms. The fourth-order valence-electron chi connectivity index (χ4n) is 4.68. The molecule has 2 aromatic rings. The van der Waals surface area contributed by atoms with E-state index in [0.29, 0.717) is 17.7 Å². The molecule has 4 rings (SSSR count). The molecular formula is C26H30O7S. The highest BCUT2D eigenvalue weighted by Gasteiger charge is 2.47. The maximum atomic E-state index is 13.3. The molecule has 1 saturated carbocycles. The first-order chi connectivity index (χ1) is 16.4. The van der Waals surface area contributed by atoms with Crippen LogP contribution >= 0.6 is 11.3 Å². The van der Waals surface area contributed by atoms with Crippen molar-refractivity contribution in [2.45, 2.75) is 57.3 Å². The Balaban J connectivity index is 1.63. The minimum Gasteiger partial charge on any atom is -0.504 e. The minimum absolute atomic E-state index is 0.0127. The van der Waals surface area contributed by atoms with Crippen LogP contribution in [0.15, 0.2) is 47.7 Å². The molecule has 0 amide bonds. The number of aliphatic hydroxyl groups excluding tert-OH is 4. The second-order valence-electron chi connectivity index (χ2n) is 9.01. The van der Waals surface area contributed by atoms with Gasteiger partial charge in [-0.05, 0) is 54.9 Å². The van der Waals surface area contributed by atoms with E-state index in [2.05, 4.69) is 0 Å². The summed E-state index contributed by atoms with van der Waals surface area (Å²) in [5, 5.41) is 39.8. The molecule has 1 fully saturated rings. The van der Waals surface area contributed by atoms with Crippen molar-refractivity contribution in [3.63, 3.8) is 0 Å². The Labute approximate surface area is 202 Å². The summed E-state index contributed by atoms with van der Waals surface area (Å²) < 4.78 is 5.68.